The van der Waals surface area contributed by atoms with Gasteiger partial charge < -0.3 is 9.47 Å². The van der Waals surface area contributed by atoms with E-state index in [0.717, 1.165) is 36.2 Å². The number of carbonyl (C=O) groups excluding carboxylic acids is 1. The predicted octanol–water partition coefficient (Wildman–Crippen LogP) is 5.72. The maximum Gasteiger partial charge on any atom is 0.253 e. The van der Waals surface area contributed by atoms with Crippen LogP contribution in [0.1, 0.15) is 88.3 Å². The third kappa shape index (κ3) is 6.56. The molecule has 1 saturated carbocycles. The number of primary sulfonamides is 1. The van der Waals surface area contributed by atoms with Crippen LogP contribution in [-0.4, -0.2) is 37.4 Å². The number of hydrogen-bond donors (Lipinski definition) is 1. The van der Waals surface area contributed by atoms with Crippen LogP contribution in [0, 0.1) is 18.8 Å². The molecule has 3 rings (SSSR count). The largest absolute Gasteiger partial charge is 0.343 e. The lowest BCUT2D eigenvalue weighted by atomic mass is 9.84. The minimum atomic E-state index is -3.87. The van der Waals surface area contributed by atoms with Gasteiger partial charge in [-0.25, -0.2) is 13.6 Å². The fourth-order valence-corrected chi connectivity index (χ4v) is 5.99. The Kier molecular flexibility index (Phi) is 8.22. The highest BCUT2D eigenvalue weighted by molar-refractivity contribution is 7.89. The molecule has 0 bridgehead atoms. The number of nitrogens with zero attached hydrogens (tertiary/aromatic N) is 2. The molecule has 1 heterocycles. The van der Waals surface area contributed by atoms with Crippen molar-refractivity contribution in [2.45, 2.75) is 90.5 Å². The zero-order valence-corrected chi connectivity index (χ0v) is 23.3. The van der Waals surface area contributed by atoms with E-state index in [0.29, 0.717) is 29.6 Å². The lowest BCUT2D eigenvalue weighted by Gasteiger charge is -2.26. The zero-order valence-electron chi connectivity index (χ0n) is 22.5. The van der Waals surface area contributed by atoms with Crippen molar-refractivity contribution in [3.05, 3.63) is 41.1 Å². The van der Waals surface area contributed by atoms with Gasteiger partial charge in [-0.15, -0.1) is 0 Å². The van der Waals surface area contributed by atoms with Gasteiger partial charge in [-0.1, -0.05) is 53.9 Å². The number of amides is 1. The first kappa shape index (κ1) is 27.5. The molecule has 35 heavy (non-hydrogen) atoms. The molecule has 0 unspecified atom stereocenters. The summed E-state index contributed by atoms with van der Waals surface area (Å²) >= 11 is 0. The average Bonchev–Trinajstić information content (AvgIpc) is 3.09. The summed E-state index contributed by atoms with van der Waals surface area (Å²) < 4.78 is 27.0. The minimum Gasteiger partial charge on any atom is -0.343 e. The zero-order chi connectivity index (χ0) is 26.1. The molecule has 1 aliphatic carbocycles. The van der Waals surface area contributed by atoms with Crippen molar-refractivity contribution in [3.8, 4) is 11.3 Å². The molecule has 6 nitrogen and oxygen atoms in total. The van der Waals surface area contributed by atoms with Gasteiger partial charge in [0.1, 0.15) is 4.90 Å². The Morgan fingerprint density at radius 1 is 1.11 bits per heavy atom. The standard InChI is InChI=1S/C28H43N3O3S/c1-19(2)17-30(7)27(32)23-13-22(14-24(15-23)28(4,5)6)25-16-26(35(29,33)34)20(3)31(25)18-21-11-9-8-10-12-21/h13-16,19,21H,8-12,17-18H2,1-7H3,(H2,29,33,34). The van der Waals surface area contributed by atoms with Crippen molar-refractivity contribution in [1.29, 1.82) is 0 Å². The molecule has 1 aromatic heterocycles. The molecule has 0 spiro atoms. The molecule has 0 radical (unpaired) electrons. The number of benzene rings is 1. The van der Waals surface area contributed by atoms with Crippen LogP contribution in [0.5, 0.6) is 0 Å². The van der Waals surface area contributed by atoms with Crippen molar-refractivity contribution < 1.29 is 13.2 Å². The highest BCUT2D eigenvalue weighted by Crippen LogP contribution is 2.35. The van der Waals surface area contributed by atoms with E-state index in [1.165, 1.54) is 19.3 Å². The Balaban J connectivity index is 2.19. The summed E-state index contributed by atoms with van der Waals surface area (Å²) in [5.41, 5.74) is 3.81. The van der Waals surface area contributed by atoms with Crippen LogP contribution in [0.15, 0.2) is 29.2 Å². The van der Waals surface area contributed by atoms with Gasteiger partial charge in [0.2, 0.25) is 10.0 Å². The van der Waals surface area contributed by atoms with E-state index in [4.69, 9.17) is 5.14 Å². The molecule has 7 heteroatoms. The molecule has 1 aliphatic rings. The summed E-state index contributed by atoms with van der Waals surface area (Å²) in [5.74, 6) is 0.841. The van der Waals surface area contributed by atoms with Gasteiger partial charge in [0.05, 0.1) is 0 Å². The first-order valence-corrected chi connectivity index (χ1v) is 14.4. The van der Waals surface area contributed by atoms with Crippen LogP contribution in [0.3, 0.4) is 0 Å². The smallest absolute Gasteiger partial charge is 0.253 e. The lowest BCUT2D eigenvalue weighted by Crippen LogP contribution is -2.30. The summed E-state index contributed by atoms with van der Waals surface area (Å²) in [6.07, 6.45) is 5.98. The van der Waals surface area contributed by atoms with Crippen molar-refractivity contribution >= 4 is 15.9 Å². The summed E-state index contributed by atoms with van der Waals surface area (Å²) in [7, 11) is -2.04. The maximum absolute atomic E-state index is 13.4. The molecule has 0 saturated heterocycles. The second-order valence-electron chi connectivity index (χ2n) is 11.8. The lowest BCUT2D eigenvalue weighted by molar-refractivity contribution is 0.0779. The van der Waals surface area contributed by atoms with Crippen LogP contribution in [-0.2, 0) is 22.0 Å². The Labute approximate surface area is 211 Å². The third-order valence-electron chi connectivity index (χ3n) is 7.12. The SMILES string of the molecule is Cc1c(S(N)(=O)=O)cc(-c2cc(C(=O)N(C)CC(C)C)cc(C(C)(C)C)c2)n1CC1CCCCC1. The molecular formula is C28H43N3O3S. The summed E-state index contributed by atoms with van der Waals surface area (Å²) in [6, 6.07) is 7.68. The Bertz CT molecular complexity index is 1170. The summed E-state index contributed by atoms with van der Waals surface area (Å²) in [6.45, 7) is 13.8. The van der Waals surface area contributed by atoms with E-state index in [2.05, 4.69) is 45.3 Å². The van der Waals surface area contributed by atoms with Gasteiger partial charge in [-0.3, -0.25) is 4.79 Å². The summed E-state index contributed by atoms with van der Waals surface area (Å²) in [5, 5.41) is 5.61. The molecule has 0 aliphatic heterocycles. The van der Waals surface area contributed by atoms with Crippen LogP contribution in [0.25, 0.3) is 11.3 Å². The van der Waals surface area contributed by atoms with E-state index in [9.17, 15) is 13.2 Å². The third-order valence-corrected chi connectivity index (χ3v) is 8.15. The van der Waals surface area contributed by atoms with Gasteiger partial charge in [0.15, 0.2) is 0 Å². The summed E-state index contributed by atoms with van der Waals surface area (Å²) in [4.78, 5) is 15.3. The number of carbonyl (C=O) groups is 1. The number of sulfonamides is 1. The quantitative estimate of drug-likeness (QED) is 0.527. The molecule has 2 aromatic rings. The average molecular weight is 502 g/mol. The first-order valence-electron chi connectivity index (χ1n) is 12.8. The Morgan fingerprint density at radius 2 is 1.74 bits per heavy atom. The second kappa shape index (κ2) is 10.5. The monoisotopic (exact) mass is 501 g/mol. The van der Waals surface area contributed by atoms with Crippen molar-refractivity contribution in [2.75, 3.05) is 13.6 Å². The van der Waals surface area contributed by atoms with Crippen LogP contribution < -0.4 is 5.14 Å². The van der Waals surface area contributed by atoms with E-state index in [-0.39, 0.29) is 16.2 Å². The van der Waals surface area contributed by atoms with Gasteiger partial charge in [-0.05, 0) is 72.4 Å². The van der Waals surface area contributed by atoms with E-state index < -0.39 is 10.0 Å². The second-order valence-corrected chi connectivity index (χ2v) is 13.3. The van der Waals surface area contributed by atoms with Crippen LogP contribution in [0.2, 0.25) is 0 Å². The molecule has 2 N–H and O–H groups in total. The van der Waals surface area contributed by atoms with E-state index >= 15 is 0 Å². The normalized spacial score (nSPS) is 15.6. The molecule has 1 amide bonds. The highest BCUT2D eigenvalue weighted by Gasteiger charge is 2.26. The number of nitrogens with two attached hydrogens (primary N) is 1. The molecular weight excluding hydrogens is 458 g/mol. The first-order chi connectivity index (χ1) is 16.2. The molecule has 194 valence electrons. The van der Waals surface area contributed by atoms with Gasteiger partial charge in [0.25, 0.3) is 5.91 Å². The van der Waals surface area contributed by atoms with Gasteiger partial charge in [0, 0.05) is 37.1 Å². The van der Waals surface area contributed by atoms with Crippen LogP contribution >= 0.6 is 0 Å². The van der Waals surface area contributed by atoms with E-state index in [1.807, 2.05) is 26.1 Å². The number of aromatic nitrogens is 1. The predicted molar refractivity (Wildman–Crippen MR) is 143 cm³/mol. The topological polar surface area (TPSA) is 85.4 Å². The fraction of sp³-hybridized carbons (Fsp3) is 0.607. The Morgan fingerprint density at radius 3 is 2.29 bits per heavy atom. The van der Waals surface area contributed by atoms with Crippen molar-refractivity contribution in [1.82, 2.24) is 9.47 Å². The van der Waals surface area contributed by atoms with Crippen molar-refractivity contribution in [3.63, 3.8) is 0 Å². The maximum atomic E-state index is 13.4. The molecule has 1 aromatic carbocycles. The van der Waals surface area contributed by atoms with Crippen LogP contribution in [0.4, 0.5) is 0 Å². The minimum absolute atomic E-state index is 0.0279. The molecule has 1 fully saturated rings. The van der Waals surface area contributed by atoms with Crippen molar-refractivity contribution in [2.24, 2.45) is 17.0 Å². The van der Waals surface area contributed by atoms with E-state index in [1.54, 1.807) is 11.0 Å². The van der Waals surface area contributed by atoms with Gasteiger partial charge >= 0.3 is 0 Å². The highest BCUT2D eigenvalue weighted by atomic mass is 32.2. The fourth-order valence-electron chi connectivity index (χ4n) is 5.19. The number of hydrogen-bond acceptors (Lipinski definition) is 3. The Hall–Kier alpha value is -2.12. The molecule has 0 atom stereocenters. The number of rotatable bonds is 7. The van der Waals surface area contributed by atoms with Gasteiger partial charge in [-0.2, -0.15) is 0 Å².